The number of carbonyl (C=O) groups is 3. The molecule has 2 atom stereocenters. The molecular formula is C14F24O3. The van der Waals surface area contributed by atoms with Crippen molar-refractivity contribution in [1.82, 2.24) is 0 Å². The maximum atomic E-state index is 14.2. The predicted octanol–water partition coefficient (Wildman–Crippen LogP) is 6.54. The van der Waals surface area contributed by atoms with Crippen LogP contribution in [0.25, 0.3) is 0 Å². The standard InChI is InChI=1S/C14F24O3/c15-4(11(27,28)29,7(19,20)3(41)9(23,24)13(33,34)35)1(39)6(17,18)5(16,12(30,31)32)2(40)8(21,22)10(25,26)14(36,37)38. The second-order valence-electron chi connectivity index (χ2n) is 7.17. The summed E-state index contributed by atoms with van der Waals surface area (Å²) in [7, 11) is 0. The summed E-state index contributed by atoms with van der Waals surface area (Å²) in [6.07, 6.45) is -33.4. The van der Waals surface area contributed by atoms with Crippen LogP contribution in [0.4, 0.5) is 105 Å². The fourth-order valence-electron chi connectivity index (χ4n) is 2.29. The minimum Gasteiger partial charge on any atom is -0.288 e. The summed E-state index contributed by atoms with van der Waals surface area (Å²) in [5, 5.41) is 0. The Morgan fingerprint density at radius 3 is 0.732 bits per heavy atom. The summed E-state index contributed by atoms with van der Waals surface area (Å²) in [4.78, 5) is 33.1. The first-order chi connectivity index (χ1) is 17.2. The molecule has 0 amide bonds. The van der Waals surface area contributed by atoms with Gasteiger partial charge in [0.15, 0.2) is 0 Å². The number of carbonyl (C=O) groups excluding carboxylic acids is 3. The van der Waals surface area contributed by atoms with Gasteiger partial charge in [0.1, 0.15) is 0 Å². The van der Waals surface area contributed by atoms with Crippen molar-refractivity contribution in [2.75, 3.05) is 0 Å². The van der Waals surface area contributed by atoms with Gasteiger partial charge in [-0.3, -0.25) is 14.4 Å². The maximum Gasteiger partial charge on any atom is 0.461 e. The lowest BCUT2D eigenvalue weighted by atomic mass is 9.76. The van der Waals surface area contributed by atoms with Crippen LogP contribution in [0.2, 0.25) is 0 Å². The molecule has 2 unspecified atom stereocenters. The molecule has 41 heavy (non-hydrogen) atoms. The van der Waals surface area contributed by atoms with E-state index in [-0.39, 0.29) is 0 Å². The molecule has 0 aromatic heterocycles. The van der Waals surface area contributed by atoms with E-state index in [1.54, 1.807) is 0 Å². The van der Waals surface area contributed by atoms with E-state index in [4.69, 9.17) is 0 Å². The van der Waals surface area contributed by atoms with Crippen molar-refractivity contribution in [1.29, 1.82) is 0 Å². The van der Waals surface area contributed by atoms with E-state index in [9.17, 15) is 120 Å². The second kappa shape index (κ2) is 9.42. The van der Waals surface area contributed by atoms with Gasteiger partial charge in [0.25, 0.3) is 17.3 Å². The fraction of sp³-hybridized carbons (Fsp3) is 0.786. The number of alkyl halides is 24. The number of hydrogen-bond acceptors (Lipinski definition) is 3. The summed E-state index contributed by atoms with van der Waals surface area (Å²) in [5.41, 5.74) is -18.1. The van der Waals surface area contributed by atoms with Gasteiger partial charge in [-0.25, -0.2) is 8.78 Å². The number of ketones is 3. The van der Waals surface area contributed by atoms with Crippen LogP contribution >= 0.6 is 0 Å². The molecule has 27 heteroatoms. The average molecular weight is 672 g/mol. The molecule has 0 bridgehead atoms. The SMILES string of the molecule is O=C(C(F)(F)C(F)(F)F)C(F)(F)C(F)(C(=O)C(F)(F)C(F)(C(=O)C(F)(F)C(F)(F)C(F)(F)F)C(F)(F)F)C(F)(F)F. The van der Waals surface area contributed by atoms with Gasteiger partial charge >= 0.3 is 65.7 Å². The first-order valence-electron chi connectivity index (χ1n) is 8.40. The molecule has 0 aromatic rings. The molecule has 0 rings (SSSR count). The quantitative estimate of drug-likeness (QED) is 0.262. The first kappa shape index (κ1) is 38.3. The molecule has 0 aliphatic heterocycles. The highest BCUT2D eigenvalue weighted by atomic mass is 19.4. The van der Waals surface area contributed by atoms with E-state index in [1.807, 2.05) is 0 Å². The Kier molecular flexibility index (Phi) is 8.80. The zero-order valence-electron chi connectivity index (χ0n) is 17.3. The molecule has 0 N–H and O–H groups in total. The predicted molar refractivity (Wildman–Crippen MR) is 71.7 cm³/mol. The highest BCUT2D eigenvalue weighted by Crippen LogP contribution is 2.59. The summed E-state index contributed by atoms with van der Waals surface area (Å²) in [5.74, 6) is -62.0. The van der Waals surface area contributed by atoms with E-state index in [2.05, 4.69) is 0 Å². The van der Waals surface area contributed by atoms with Gasteiger partial charge in [-0.15, -0.1) is 0 Å². The average Bonchev–Trinajstić information content (AvgIpc) is 2.72. The van der Waals surface area contributed by atoms with Crippen molar-refractivity contribution < 1.29 is 120 Å². The monoisotopic (exact) mass is 672 g/mol. The third-order valence-corrected chi connectivity index (χ3v) is 4.52. The fourth-order valence-corrected chi connectivity index (χ4v) is 2.29. The molecule has 0 saturated carbocycles. The Labute approximate surface area is 204 Å². The summed E-state index contributed by atoms with van der Waals surface area (Å²) in [6.45, 7) is 0. The summed E-state index contributed by atoms with van der Waals surface area (Å²) in [6, 6.07) is 0. The Balaban J connectivity index is 7.82. The largest absolute Gasteiger partial charge is 0.461 e. The minimum absolute atomic E-state index is 5.96. The zero-order chi connectivity index (χ0) is 34.2. The van der Waals surface area contributed by atoms with Crippen LogP contribution in [-0.4, -0.2) is 83.0 Å². The highest BCUT2D eigenvalue weighted by molar-refractivity contribution is 6.09. The first-order valence-corrected chi connectivity index (χ1v) is 8.40. The van der Waals surface area contributed by atoms with Crippen molar-refractivity contribution in [3.05, 3.63) is 0 Å². The van der Waals surface area contributed by atoms with Crippen molar-refractivity contribution in [2.45, 2.75) is 65.7 Å². The van der Waals surface area contributed by atoms with E-state index in [0.717, 1.165) is 0 Å². The van der Waals surface area contributed by atoms with E-state index < -0.39 is 83.0 Å². The van der Waals surface area contributed by atoms with Crippen molar-refractivity contribution >= 4 is 17.3 Å². The van der Waals surface area contributed by atoms with E-state index in [0.29, 0.717) is 0 Å². The van der Waals surface area contributed by atoms with Gasteiger partial charge in [-0.2, -0.15) is 96.6 Å². The van der Waals surface area contributed by atoms with Gasteiger partial charge in [-0.1, -0.05) is 0 Å². The van der Waals surface area contributed by atoms with Crippen LogP contribution in [0.5, 0.6) is 0 Å². The number of rotatable bonds is 9. The van der Waals surface area contributed by atoms with Crippen LogP contribution in [0.3, 0.4) is 0 Å². The van der Waals surface area contributed by atoms with E-state index in [1.165, 1.54) is 0 Å². The van der Waals surface area contributed by atoms with Crippen LogP contribution < -0.4 is 0 Å². The molecule has 0 aliphatic rings. The van der Waals surface area contributed by atoms with Gasteiger partial charge < -0.3 is 0 Å². The van der Waals surface area contributed by atoms with Gasteiger partial charge in [0, 0.05) is 0 Å². The summed E-state index contributed by atoms with van der Waals surface area (Å²) >= 11 is 0. The summed E-state index contributed by atoms with van der Waals surface area (Å²) < 4.78 is 312. The Morgan fingerprint density at radius 2 is 0.512 bits per heavy atom. The third kappa shape index (κ3) is 5.02. The molecule has 0 saturated heterocycles. The van der Waals surface area contributed by atoms with Crippen LogP contribution in [0, 0.1) is 0 Å². The highest BCUT2D eigenvalue weighted by Gasteiger charge is 2.93. The third-order valence-electron chi connectivity index (χ3n) is 4.52. The maximum absolute atomic E-state index is 14.2. The molecule has 0 aromatic carbocycles. The topological polar surface area (TPSA) is 51.2 Å². The van der Waals surface area contributed by atoms with Crippen LogP contribution in [0.1, 0.15) is 0 Å². The Bertz CT molecular complexity index is 1060. The number of Topliss-reactive ketones (excluding diaryl/α,β-unsaturated/α-hetero) is 3. The number of hydrogen-bond donors (Lipinski definition) is 0. The van der Waals surface area contributed by atoms with Crippen molar-refractivity contribution in [2.24, 2.45) is 0 Å². The molecule has 3 nitrogen and oxygen atoms in total. The van der Waals surface area contributed by atoms with Crippen LogP contribution in [-0.2, 0) is 14.4 Å². The van der Waals surface area contributed by atoms with E-state index >= 15 is 0 Å². The molecule has 0 heterocycles. The Morgan fingerprint density at radius 1 is 0.268 bits per heavy atom. The zero-order valence-corrected chi connectivity index (χ0v) is 17.3. The molecule has 242 valence electrons. The lowest BCUT2D eigenvalue weighted by molar-refractivity contribution is -0.355. The molecule has 0 aliphatic carbocycles. The smallest absolute Gasteiger partial charge is 0.288 e. The minimum atomic E-state index is -9.16. The van der Waals surface area contributed by atoms with Crippen LogP contribution in [0.15, 0.2) is 0 Å². The lowest BCUT2D eigenvalue weighted by Crippen LogP contribution is -2.77. The molecular weight excluding hydrogens is 672 g/mol. The van der Waals surface area contributed by atoms with Crippen molar-refractivity contribution in [3.63, 3.8) is 0 Å². The molecule has 0 spiro atoms. The van der Waals surface area contributed by atoms with Crippen molar-refractivity contribution in [3.8, 4) is 0 Å². The number of halogens is 24. The normalized spacial score (nSPS) is 18.4. The Hall–Kier alpha value is -2.67. The van der Waals surface area contributed by atoms with Gasteiger partial charge in [0.05, 0.1) is 0 Å². The molecule has 0 fully saturated rings. The van der Waals surface area contributed by atoms with Gasteiger partial charge in [0.2, 0.25) is 0 Å². The molecule has 0 radical (unpaired) electrons. The van der Waals surface area contributed by atoms with Gasteiger partial charge in [-0.05, 0) is 0 Å². The lowest BCUT2D eigenvalue weighted by Gasteiger charge is -2.40. The second-order valence-corrected chi connectivity index (χ2v) is 7.17.